The van der Waals surface area contributed by atoms with Crippen molar-refractivity contribution in [1.82, 2.24) is 5.32 Å². The van der Waals surface area contributed by atoms with E-state index in [4.69, 9.17) is 9.84 Å². The molecule has 0 saturated carbocycles. The Balaban J connectivity index is 1.85. The van der Waals surface area contributed by atoms with E-state index >= 15 is 0 Å². The van der Waals surface area contributed by atoms with Gasteiger partial charge < -0.3 is 15.2 Å². The van der Waals surface area contributed by atoms with Crippen LogP contribution in [0.2, 0.25) is 0 Å². The maximum Gasteiger partial charge on any atom is 0.414 e. The van der Waals surface area contributed by atoms with Crippen LogP contribution in [-0.4, -0.2) is 41.8 Å². The maximum atomic E-state index is 12.6. The Morgan fingerprint density at radius 2 is 1.82 bits per heavy atom. The van der Waals surface area contributed by atoms with Gasteiger partial charge in [0.25, 0.3) is 0 Å². The lowest BCUT2D eigenvalue weighted by Gasteiger charge is -2.24. The van der Waals surface area contributed by atoms with E-state index in [1.54, 1.807) is 17.9 Å². The number of anilines is 1. The molecule has 34 heavy (non-hydrogen) atoms. The Morgan fingerprint density at radius 1 is 1.12 bits per heavy atom. The van der Waals surface area contributed by atoms with Crippen LogP contribution in [0.1, 0.15) is 49.9 Å². The molecule has 1 aliphatic heterocycles. The van der Waals surface area contributed by atoms with Gasteiger partial charge in [-0.1, -0.05) is 18.2 Å². The number of benzene rings is 2. The number of rotatable bonds is 5. The Morgan fingerprint density at radius 3 is 2.47 bits per heavy atom. The summed E-state index contributed by atoms with van der Waals surface area (Å²) in [5.41, 5.74) is 7.00. The predicted octanol–water partition coefficient (Wildman–Crippen LogP) is 4.87. The van der Waals surface area contributed by atoms with Crippen LogP contribution in [0.4, 0.5) is 10.5 Å². The fraction of sp³-hybridized carbons (Fsp3) is 0.370. The van der Waals surface area contributed by atoms with Gasteiger partial charge in [0, 0.05) is 12.1 Å². The summed E-state index contributed by atoms with van der Waals surface area (Å²) < 4.78 is 5.54. The van der Waals surface area contributed by atoms with Crippen LogP contribution in [-0.2, 0) is 20.7 Å². The number of amides is 2. The first kappa shape index (κ1) is 25.0. The quantitative estimate of drug-likeness (QED) is 0.616. The number of ether oxygens (including phenoxy) is 1. The minimum atomic E-state index is -1.08. The molecule has 2 aromatic carbocycles. The number of hydrogen-bond donors (Lipinski definition) is 2. The van der Waals surface area contributed by atoms with Gasteiger partial charge in [-0.3, -0.25) is 14.5 Å². The molecule has 0 saturated heterocycles. The smallest absolute Gasteiger partial charge is 0.414 e. The maximum absolute atomic E-state index is 12.6. The van der Waals surface area contributed by atoms with Crippen molar-refractivity contribution in [1.29, 1.82) is 0 Å². The van der Waals surface area contributed by atoms with Crippen LogP contribution in [0.3, 0.4) is 0 Å². The summed E-state index contributed by atoms with van der Waals surface area (Å²) in [5, 5.41) is 11.1. The molecular weight excluding hydrogens is 432 g/mol. The van der Waals surface area contributed by atoms with E-state index < -0.39 is 24.0 Å². The van der Waals surface area contributed by atoms with Gasteiger partial charge in [0.05, 0.1) is 5.69 Å². The zero-order valence-electron chi connectivity index (χ0n) is 20.6. The van der Waals surface area contributed by atoms with E-state index in [-0.39, 0.29) is 6.09 Å². The summed E-state index contributed by atoms with van der Waals surface area (Å²) in [6.07, 6.45) is 2.21. The number of fused-ring (bicyclic) bond motifs is 1. The highest BCUT2D eigenvalue weighted by atomic mass is 16.6. The summed E-state index contributed by atoms with van der Waals surface area (Å²) in [5.74, 6) is -1.49. The molecule has 0 aliphatic carbocycles. The van der Waals surface area contributed by atoms with Gasteiger partial charge in [-0.15, -0.1) is 0 Å². The number of nitrogens with zero attached hydrogens (tertiary/aromatic N) is 1. The third kappa shape index (κ3) is 5.84. The van der Waals surface area contributed by atoms with E-state index in [1.807, 2.05) is 52.8 Å². The van der Waals surface area contributed by atoms with E-state index in [1.165, 1.54) is 0 Å². The van der Waals surface area contributed by atoms with Crippen LogP contribution >= 0.6 is 0 Å². The average Bonchev–Trinajstić information content (AvgIpc) is 3.16. The van der Waals surface area contributed by atoms with Crippen molar-refractivity contribution < 1.29 is 24.2 Å². The molecule has 0 fully saturated rings. The first-order chi connectivity index (χ1) is 15.9. The number of aryl methyl sites for hydroxylation is 2. The summed E-state index contributed by atoms with van der Waals surface area (Å²) in [4.78, 5) is 37.0. The van der Waals surface area contributed by atoms with Crippen LogP contribution < -0.4 is 10.2 Å². The fourth-order valence-corrected chi connectivity index (χ4v) is 3.98. The van der Waals surface area contributed by atoms with Gasteiger partial charge in [-0.05, 0) is 99.6 Å². The normalized spacial score (nSPS) is 13.5. The molecule has 2 amide bonds. The average molecular weight is 465 g/mol. The molecule has 0 aromatic heterocycles. The molecule has 0 unspecified atom stereocenters. The number of carboxylic acids is 1. The molecule has 0 bridgehead atoms. The van der Waals surface area contributed by atoms with E-state index in [0.29, 0.717) is 12.1 Å². The van der Waals surface area contributed by atoms with Gasteiger partial charge >= 0.3 is 12.1 Å². The zero-order valence-corrected chi connectivity index (χ0v) is 20.6. The SMILES string of the molecule is CC(=Cc1cc(C)c(-c2ccc3c(c2)CCN3C(=O)OC(C)(C)C)cc1C)C(=O)NCC(=O)O. The van der Waals surface area contributed by atoms with Crippen molar-refractivity contribution in [3.63, 3.8) is 0 Å². The Bertz CT molecular complexity index is 1170. The van der Waals surface area contributed by atoms with Crippen molar-refractivity contribution in [2.24, 2.45) is 0 Å². The number of nitrogens with one attached hydrogen (secondary N) is 1. The number of aliphatic carboxylic acids is 1. The van der Waals surface area contributed by atoms with Gasteiger partial charge in [-0.25, -0.2) is 4.79 Å². The lowest BCUT2D eigenvalue weighted by molar-refractivity contribution is -0.137. The minimum Gasteiger partial charge on any atom is -0.480 e. The molecule has 0 atom stereocenters. The fourth-order valence-electron chi connectivity index (χ4n) is 3.98. The summed E-state index contributed by atoms with van der Waals surface area (Å²) in [6, 6.07) is 10.2. The van der Waals surface area contributed by atoms with Gasteiger partial charge in [0.2, 0.25) is 5.91 Å². The number of carbonyl (C=O) groups excluding carboxylic acids is 2. The number of hydrogen-bond acceptors (Lipinski definition) is 4. The second-order valence-electron chi connectivity index (χ2n) is 9.65. The first-order valence-electron chi connectivity index (χ1n) is 11.3. The molecule has 0 spiro atoms. The third-order valence-electron chi connectivity index (χ3n) is 5.64. The predicted molar refractivity (Wildman–Crippen MR) is 133 cm³/mol. The van der Waals surface area contributed by atoms with Crippen LogP contribution in [0.25, 0.3) is 17.2 Å². The summed E-state index contributed by atoms with van der Waals surface area (Å²) in [6.45, 7) is 11.4. The van der Waals surface area contributed by atoms with Crippen LogP contribution in [0.5, 0.6) is 0 Å². The van der Waals surface area contributed by atoms with Gasteiger partial charge in [-0.2, -0.15) is 0 Å². The molecule has 180 valence electrons. The second-order valence-corrected chi connectivity index (χ2v) is 9.65. The van der Waals surface area contributed by atoms with E-state index in [9.17, 15) is 14.4 Å². The van der Waals surface area contributed by atoms with E-state index in [0.717, 1.165) is 45.5 Å². The van der Waals surface area contributed by atoms with Gasteiger partial charge in [0.15, 0.2) is 0 Å². The highest BCUT2D eigenvalue weighted by molar-refractivity contribution is 5.98. The molecule has 1 aliphatic rings. The molecule has 1 heterocycles. The zero-order chi connectivity index (χ0) is 25.2. The Labute approximate surface area is 200 Å². The van der Waals surface area contributed by atoms with Crippen molar-refractivity contribution in [3.05, 3.63) is 58.2 Å². The van der Waals surface area contributed by atoms with Crippen molar-refractivity contribution in [2.45, 2.75) is 53.6 Å². The summed E-state index contributed by atoms with van der Waals surface area (Å²) >= 11 is 0. The first-order valence-corrected chi connectivity index (χ1v) is 11.3. The molecule has 2 aromatic rings. The van der Waals surface area contributed by atoms with E-state index in [2.05, 4.69) is 17.4 Å². The summed E-state index contributed by atoms with van der Waals surface area (Å²) in [7, 11) is 0. The number of carbonyl (C=O) groups is 3. The standard InChI is InChI=1S/C27H32N2O5/c1-16-13-22(17(2)11-21(16)12-18(3)25(32)28-15-24(30)31)19-7-8-23-20(14-19)9-10-29(23)26(33)34-27(4,5)6/h7-8,11-14H,9-10,15H2,1-6H3,(H,28,32)(H,30,31). The lowest BCUT2D eigenvalue weighted by Crippen LogP contribution is -2.35. The monoisotopic (exact) mass is 464 g/mol. The second kappa shape index (κ2) is 9.71. The van der Waals surface area contributed by atoms with Crippen LogP contribution in [0.15, 0.2) is 35.9 Å². The largest absolute Gasteiger partial charge is 0.480 e. The topological polar surface area (TPSA) is 95.9 Å². The highest BCUT2D eigenvalue weighted by Crippen LogP contribution is 2.35. The van der Waals surface area contributed by atoms with Crippen molar-refractivity contribution in [3.8, 4) is 11.1 Å². The number of carboxylic acid groups (broad SMARTS) is 1. The molecule has 2 N–H and O–H groups in total. The van der Waals surface area contributed by atoms with Crippen LogP contribution in [0, 0.1) is 13.8 Å². The molecular formula is C27H32N2O5. The van der Waals surface area contributed by atoms with Crippen molar-refractivity contribution >= 4 is 29.7 Å². The minimum absolute atomic E-state index is 0.329. The van der Waals surface area contributed by atoms with Gasteiger partial charge in [0.1, 0.15) is 12.1 Å². The Hall–Kier alpha value is -3.61. The molecule has 0 radical (unpaired) electrons. The molecule has 7 nitrogen and oxygen atoms in total. The highest BCUT2D eigenvalue weighted by Gasteiger charge is 2.29. The lowest BCUT2D eigenvalue weighted by atomic mass is 9.93. The third-order valence-corrected chi connectivity index (χ3v) is 5.64. The molecule has 3 rings (SSSR count). The Kier molecular flexibility index (Phi) is 7.15. The van der Waals surface area contributed by atoms with Crippen molar-refractivity contribution in [2.75, 3.05) is 18.0 Å². The molecule has 7 heteroatoms.